The number of nitrogens with zero attached hydrogens (tertiary/aromatic N) is 5. The predicted octanol–water partition coefficient (Wildman–Crippen LogP) is 1.51. The van der Waals surface area contributed by atoms with Crippen molar-refractivity contribution < 1.29 is 9.53 Å². The number of carbonyl (C=O) groups is 1. The lowest BCUT2D eigenvalue weighted by atomic mass is 10.2. The molecule has 0 aliphatic carbocycles. The summed E-state index contributed by atoms with van der Waals surface area (Å²) in [6, 6.07) is 10.6. The molecule has 7 nitrogen and oxygen atoms in total. The van der Waals surface area contributed by atoms with Gasteiger partial charge in [-0.05, 0) is 24.3 Å². The zero-order valence-corrected chi connectivity index (χ0v) is 11.2. The van der Waals surface area contributed by atoms with Gasteiger partial charge in [0.25, 0.3) is 0 Å². The van der Waals surface area contributed by atoms with E-state index in [0.29, 0.717) is 17.2 Å². The molecule has 0 spiro atoms. The molecule has 0 aromatic carbocycles. The average Bonchev–Trinajstić information content (AvgIpc) is 3.01. The third-order valence-corrected chi connectivity index (χ3v) is 2.81. The molecule has 0 radical (unpaired) electrons. The number of hydrogen-bond donors (Lipinski definition) is 0. The molecule has 0 unspecified atom stereocenters. The topological polar surface area (TPSA) is 82.8 Å². The van der Waals surface area contributed by atoms with E-state index in [0.717, 1.165) is 0 Å². The summed E-state index contributed by atoms with van der Waals surface area (Å²) in [6.45, 7) is 0. The second kappa shape index (κ2) is 5.49. The minimum Gasteiger partial charge on any atom is -0.464 e. The minimum absolute atomic E-state index is 0.184. The van der Waals surface area contributed by atoms with E-state index in [1.54, 1.807) is 30.6 Å². The van der Waals surface area contributed by atoms with Crippen LogP contribution in [0.2, 0.25) is 0 Å². The van der Waals surface area contributed by atoms with Crippen LogP contribution < -0.4 is 0 Å². The fraction of sp³-hybridized carbons (Fsp3) is 0.0714. The van der Waals surface area contributed by atoms with Crippen molar-refractivity contribution >= 4 is 5.97 Å². The van der Waals surface area contributed by atoms with Gasteiger partial charge in [-0.15, -0.1) is 5.10 Å². The van der Waals surface area contributed by atoms with Gasteiger partial charge in [0.1, 0.15) is 0 Å². The van der Waals surface area contributed by atoms with Gasteiger partial charge in [-0.1, -0.05) is 6.07 Å². The maximum atomic E-state index is 11.7. The fourth-order valence-corrected chi connectivity index (χ4v) is 1.86. The van der Waals surface area contributed by atoms with Gasteiger partial charge in [0, 0.05) is 18.5 Å². The molecule has 0 fully saturated rings. The number of esters is 1. The van der Waals surface area contributed by atoms with Crippen molar-refractivity contribution in [2.24, 2.45) is 0 Å². The summed E-state index contributed by atoms with van der Waals surface area (Å²) in [6.07, 6.45) is 3.23. The molecule has 0 N–H and O–H groups in total. The van der Waals surface area contributed by atoms with Gasteiger partial charge >= 0.3 is 5.97 Å². The molecule has 3 rings (SSSR count). The molecule has 7 heteroatoms. The van der Waals surface area contributed by atoms with Crippen molar-refractivity contribution in [1.29, 1.82) is 0 Å². The zero-order chi connectivity index (χ0) is 14.7. The van der Waals surface area contributed by atoms with Gasteiger partial charge in [-0.3, -0.25) is 4.98 Å². The highest BCUT2D eigenvalue weighted by Crippen LogP contribution is 2.21. The Morgan fingerprint density at radius 2 is 2.10 bits per heavy atom. The second-order valence-electron chi connectivity index (χ2n) is 4.12. The Labute approximate surface area is 120 Å². The van der Waals surface area contributed by atoms with E-state index in [9.17, 15) is 4.79 Å². The first-order chi connectivity index (χ1) is 10.3. The Morgan fingerprint density at radius 3 is 2.76 bits per heavy atom. The van der Waals surface area contributed by atoms with Crippen molar-refractivity contribution in [2.75, 3.05) is 7.11 Å². The molecule has 0 saturated heterocycles. The molecule has 0 aliphatic heterocycles. The van der Waals surface area contributed by atoms with E-state index in [1.807, 2.05) is 18.2 Å². The molecule has 21 heavy (non-hydrogen) atoms. The summed E-state index contributed by atoms with van der Waals surface area (Å²) in [5.41, 5.74) is 1.49. The lowest BCUT2D eigenvalue weighted by Gasteiger charge is -2.04. The third kappa shape index (κ3) is 2.48. The zero-order valence-electron chi connectivity index (χ0n) is 11.2. The summed E-state index contributed by atoms with van der Waals surface area (Å²) in [5, 5.41) is 12.1. The van der Waals surface area contributed by atoms with Crippen LogP contribution in [0.4, 0.5) is 0 Å². The number of methoxy groups -OCH3 is 1. The third-order valence-electron chi connectivity index (χ3n) is 2.81. The monoisotopic (exact) mass is 281 g/mol. The number of aromatic nitrogens is 5. The minimum atomic E-state index is -0.519. The van der Waals surface area contributed by atoms with E-state index in [1.165, 1.54) is 11.8 Å². The van der Waals surface area contributed by atoms with E-state index in [-0.39, 0.29) is 5.69 Å². The van der Waals surface area contributed by atoms with Crippen molar-refractivity contribution in [1.82, 2.24) is 25.0 Å². The van der Waals surface area contributed by atoms with Gasteiger partial charge in [0.05, 0.1) is 18.5 Å². The number of hydrogen-bond acceptors (Lipinski definition) is 6. The Balaban J connectivity index is 2.18. The molecular weight excluding hydrogens is 270 g/mol. The summed E-state index contributed by atoms with van der Waals surface area (Å²) >= 11 is 0. The SMILES string of the molecule is COC(=O)c1cc(-c2ccccn2)n(-c2cccnn2)n1. The van der Waals surface area contributed by atoms with Crippen LogP contribution in [0.15, 0.2) is 48.8 Å². The van der Waals surface area contributed by atoms with E-state index in [2.05, 4.69) is 20.3 Å². The number of ether oxygens (including phenoxy) is 1. The Bertz CT molecular complexity index is 699. The van der Waals surface area contributed by atoms with Crippen LogP contribution >= 0.6 is 0 Å². The van der Waals surface area contributed by atoms with Gasteiger partial charge in [0.15, 0.2) is 11.5 Å². The number of carbonyl (C=O) groups excluding carboxylic acids is 1. The summed E-state index contributed by atoms with van der Waals surface area (Å²) in [5.74, 6) is -0.0249. The summed E-state index contributed by atoms with van der Waals surface area (Å²) in [7, 11) is 1.31. The lowest BCUT2D eigenvalue weighted by Crippen LogP contribution is -2.06. The van der Waals surface area contributed by atoms with E-state index < -0.39 is 5.97 Å². The van der Waals surface area contributed by atoms with Crippen LogP contribution in [0.25, 0.3) is 17.2 Å². The maximum absolute atomic E-state index is 11.7. The molecule has 0 saturated carbocycles. The van der Waals surface area contributed by atoms with Crippen LogP contribution in [-0.2, 0) is 4.74 Å². The molecular formula is C14H11N5O2. The van der Waals surface area contributed by atoms with E-state index >= 15 is 0 Å². The van der Waals surface area contributed by atoms with Crippen molar-refractivity contribution in [2.45, 2.75) is 0 Å². The maximum Gasteiger partial charge on any atom is 0.358 e. The smallest absolute Gasteiger partial charge is 0.358 e. The summed E-state index contributed by atoms with van der Waals surface area (Å²) < 4.78 is 6.22. The Morgan fingerprint density at radius 1 is 1.19 bits per heavy atom. The molecule has 0 atom stereocenters. The standard InChI is InChI=1S/C14H11N5O2/c1-21-14(20)11-9-12(10-5-2-3-7-15-10)19(18-11)13-6-4-8-16-17-13/h2-9H,1H3. The average molecular weight is 281 g/mol. The molecule has 0 bridgehead atoms. The lowest BCUT2D eigenvalue weighted by molar-refractivity contribution is 0.0593. The van der Waals surface area contributed by atoms with Crippen LogP contribution in [0, 0.1) is 0 Å². The molecule has 3 heterocycles. The van der Waals surface area contributed by atoms with E-state index in [4.69, 9.17) is 4.74 Å². The largest absolute Gasteiger partial charge is 0.464 e. The number of rotatable bonds is 3. The summed E-state index contributed by atoms with van der Waals surface area (Å²) in [4.78, 5) is 16.0. The first kappa shape index (κ1) is 12.9. The Kier molecular flexibility index (Phi) is 3.38. The molecule has 0 amide bonds. The van der Waals surface area contributed by atoms with Gasteiger partial charge in [-0.2, -0.15) is 10.2 Å². The quantitative estimate of drug-likeness (QED) is 0.677. The highest BCUT2D eigenvalue weighted by molar-refractivity contribution is 5.88. The number of pyridine rings is 1. The molecule has 3 aromatic rings. The normalized spacial score (nSPS) is 10.3. The van der Waals surface area contributed by atoms with Crippen LogP contribution in [0.5, 0.6) is 0 Å². The van der Waals surface area contributed by atoms with Gasteiger partial charge in [0.2, 0.25) is 0 Å². The van der Waals surface area contributed by atoms with Crippen molar-refractivity contribution in [3.8, 4) is 17.2 Å². The van der Waals surface area contributed by atoms with Crippen molar-refractivity contribution in [3.63, 3.8) is 0 Å². The van der Waals surface area contributed by atoms with Crippen LogP contribution in [0.3, 0.4) is 0 Å². The molecule has 3 aromatic heterocycles. The molecule has 104 valence electrons. The van der Waals surface area contributed by atoms with Gasteiger partial charge in [-0.25, -0.2) is 9.48 Å². The second-order valence-corrected chi connectivity index (χ2v) is 4.12. The Hall–Kier alpha value is -3.09. The fourth-order valence-electron chi connectivity index (χ4n) is 1.86. The first-order valence-electron chi connectivity index (χ1n) is 6.17. The molecule has 0 aliphatic rings. The van der Waals surface area contributed by atoms with Crippen LogP contribution in [0.1, 0.15) is 10.5 Å². The highest BCUT2D eigenvalue weighted by Gasteiger charge is 2.18. The van der Waals surface area contributed by atoms with Crippen molar-refractivity contribution in [3.05, 3.63) is 54.5 Å². The highest BCUT2D eigenvalue weighted by atomic mass is 16.5. The van der Waals surface area contributed by atoms with Gasteiger partial charge < -0.3 is 4.74 Å². The predicted molar refractivity (Wildman–Crippen MR) is 73.7 cm³/mol. The first-order valence-corrected chi connectivity index (χ1v) is 6.17. The van der Waals surface area contributed by atoms with Crippen LogP contribution in [-0.4, -0.2) is 38.0 Å².